The zero-order valence-electron chi connectivity index (χ0n) is 18.9. The van der Waals surface area contributed by atoms with Crippen LogP contribution >= 0.6 is 0 Å². The van der Waals surface area contributed by atoms with Crippen molar-refractivity contribution in [1.29, 1.82) is 0 Å². The van der Waals surface area contributed by atoms with Crippen molar-refractivity contribution >= 4 is 12.1 Å². The lowest BCUT2D eigenvalue weighted by molar-refractivity contribution is 0.0963. The predicted octanol–water partition coefficient (Wildman–Crippen LogP) is 3.34. The molecule has 1 amide bonds. The minimum Gasteiger partial charge on any atom is -0.473 e. The summed E-state index contributed by atoms with van der Waals surface area (Å²) in [7, 11) is 0. The molecule has 8 nitrogen and oxygen atoms in total. The Balaban J connectivity index is 1.57. The van der Waals surface area contributed by atoms with E-state index in [1.165, 1.54) is 0 Å². The summed E-state index contributed by atoms with van der Waals surface area (Å²) in [6.07, 6.45) is 3.20. The van der Waals surface area contributed by atoms with Crippen LogP contribution in [-0.2, 0) is 17.9 Å². The average Bonchev–Trinajstić information content (AvgIpc) is 2.83. The Morgan fingerprint density at radius 1 is 1.16 bits per heavy atom. The summed E-state index contributed by atoms with van der Waals surface area (Å²) in [6, 6.07) is 14.2. The minimum atomic E-state index is -0.230. The van der Waals surface area contributed by atoms with Crippen LogP contribution in [-0.4, -0.2) is 54.2 Å². The number of guanidine groups is 1. The zero-order valence-corrected chi connectivity index (χ0v) is 18.9. The molecule has 1 saturated heterocycles. The van der Waals surface area contributed by atoms with Crippen molar-refractivity contribution in [3.05, 3.63) is 59.8 Å². The molecule has 3 rings (SSSR count). The fourth-order valence-electron chi connectivity index (χ4n) is 3.50. The van der Waals surface area contributed by atoms with Gasteiger partial charge in [0.25, 0.3) is 0 Å². The van der Waals surface area contributed by atoms with E-state index in [2.05, 4.69) is 15.6 Å². The highest BCUT2D eigenvalue weighted by molar-refractivity contribution is 5.80. The molecule has 0 saturated carbocycles. The predicted molar refractivity (Wildman–Crippen MR) is 125 cm³/mol. The molecule has 0 spiro atoms. The van der Waals surface area contributed by atoms with Gasteiger partial charge in [-0.1, -0.05) is 36.4 Å². The SMILES string of the molecule is CCNC(=NCc1cccnc1OCc1ccccc1)NC1CCN(C(=O)OCC)CC1. The van der Waals surface area contributed by atoms with Crippen molar-refractivity contribution in [2.45, 2.75) is 45.9 Å². The van der Waals surface area contributed by atoms with Crippen LogP contribution in [0.4, 0.5) is 4.79 Å². The number of aliphatic imine (C=N–C) groups is 1. The number of ether oxygens (including phenoxy) is 2. The van der Waals surface area contributed by atoms with Crippen molar-refractivity contribution in [3.63, 3.8) is 0 Å². The lowest BCUT2D eigenvalue weighted by Gasteiger charge is -2.32. The Hall–Kier alpha value is -3.29. The van der Waals surface area contributed by atoms with Gasteiger partial charge in [-0.25, -0.2) is 14.8 Å². The van der Waals surface area contributed by atoms with Crippen molar-refractivity contribution < 1.29 is 14.3 Å². The summed E-state index contributed by atoms with van der Waals surface area (Å²) in [6.45, 7) is 7.30. The number of nitrogens with zero attached hydrogens (tertiary/aromatic N) is 3. The highest BCUT2D eigenvalue weighted by Crippen LogP contribution is 2.17. The molecule has 1 aliphatic heterocycles. The number of carbonyl (C=O) groups is 1. The van der Waals surface area contributed by atoms with Gasteiger partial charge in [0.05, 0.1) is 13.2 Å². The molecular weight excluding hydrogens is 406 g/mol. The summed E-state index contributed by atoms with van der Waals surface area (Å²) in [5.74, 6) is 1.35. The van der Waals surface area contributed by atoms with E-state index in [4.69, 9.17) is 14.5 Å². The Morgan fingerprint density at radius 3 is 2.66 bits per heavy atom. The van der Waals surface area contributed by atoms with E-state index in [-0.39, 0.29) is 12.1 Å². The summed E-state index contributed by atoms with van der Waals surface area (Å²) >= 11 is 0. The molecule has 2 heterocycles. The summed E-state index contributed by atoms with van der Waals surface area (Å²) in [5.41, 5.74) is 2.02. The van der Waals surface area contributed by atoms with Crippen LogP contribution in [0.5, 0.6) is 5.88 Å². The Labute approximate surface area is 190 Å². The van der Waals surface area contributed by atoms with E-state index in [1.807, 2.05) is 56.3 Å². The number of benzene rings is 1. The first-order chi connectivity index (χ1) is 15.7. The summed E-state index contributed by atoms with van der Waals surface area (Å²) in [4.78, 5) is 22.8. The van der Waals surface area contributed by atoms with Gasteiger partial charge >= 0.3 is 6.09 Å². The van der Waals surface area contributed by atoms with Crippen LogP contribution in [0, 0.1) is 0 Å². The van der Waals surface area contributed by atoms with E-state index in [0.29, 0.717) is 38.7 Å². The molecule has 1 fully saturated rings. The number of likely N-dealkylation sites (tertiary alicyclic amines) is 1. The maximum Gasteiger partial charge on any atom is 0.409 e. The summed E-state index contributed by atoms with van der Waals surface area (Å²) < 4.78 is 11.0. The van der Waals surface area contributed by atoms with Crippen LogP contribution in [0.15, 0.2) is 53.7 Å². The first-order valence-corrected chi connectivity index (χ1v) is 11.3. The number of amides is 1. The molecule has 1 aromatic carbocycles. The highest BCUT2D eigenvalue weighted by Gasteiger charge is 2.24. The minimum absolute atomic E-state index is 0.230. The van der Waals surface area contributed by atoms with E-state index in [1.54, 1.807) is 11.1 Å². The fourth-order valence-corrected chi connectivity index (χ4v) is 3.50. The van der Waals surface area contributed by atoms with Gasteiger partial charge in [0.2, 0.25) is 5.88 Å². The largest absolute Gasteiger partial charge is 0.473 e. The Bertz CT molecular complexity index is 867. The van der Waals surface area contributed by atoms with Gasteiger partial charge < -0.3 is 25.0 Å². The van der Waals surface area contributed by atoms with Gasteiger partial charge in [0.15, 0.2) is 5.96 Å². The maximum atomic E-state index is 11.9. The molecule has 1 aromatic heterocycles. The van der Waals surface area contributed by atoms with E-state index in [9.17, 15) is 4.79 Å². The van der Waals surface area contributed by atoms with Crippen molar-refractivity contribution in [2.75, 3.05) is 26.2 Å². The molecule has 2 N–H and O–H groups in total. The van der Waals surface area contributed by atoms with Gasteiger partial charge in [0, 0.05) is 37.4 Å². The quantitative estimate of drug-likeness (QED) is 0.485. The molecule has 32 heavy (non-hydrogen) atoms. The molecular formula is C24H33N5O3. The van der Waals surface area contributed by atoms with Crippen molar-refractivity contribution in [3.8, 4) is 5.88 Å². The zero-order chi connectivity index (χ0) is 22.6. The maximum absolute atomic E-state index is 11.9. The second kappa shape index (κ2) is 12.5. The smallest absolute Gasteiger partial charge is 0.409 e. The Morgan fingerprint density at radius 2 is 1.94 bits per heavy atom. The van der Waals surface area contributed by atoms with Gasteiger partial charge in [-0.05, 0) is 38.3 Å². The Kier molecular flexibility index (Phi) is 9.16. The number of piperidine rings is 1. The molecule has 172 valence electrons. The molecule has 0 radical (unpaired) electrons. The third kappa shape index (κ3) is 7.14. The van der Waals surface area contributed by atoms with Gasteiger partial charge in [-0.2, -0.15) is 0 Å². The van der Waals surface area contributed by atoms with Crippen LogP contribution in [0.2, 0.25) is 0 Å². The lowest BCUT2D eigenvalue weighted by atomic mass is 10.1. The number of hydrogen-bond acceptors (Lipinski definition) is 5. The van der Waals surface area contributed by atoms with Crippen molar-refractivity contribution in [2.24, 2.45) is 4.99 Å². The first-order valence-electron chi connectivity index (χ1n) is 11.3. The monoisotopic (exact) mass is 439 g/mol. The van der Waals surface area contributed by atoms with Gasteiger partial charge in [-0.3, -0.25) is 0 Å². The number of aromatic nitrogens is 1. The normalized spacial score (nSPS) is 14.7. The lowest BCUT2D eigenvalue weighted by Crippen LogP contribution is -2.49. The number of carbonyl (C=O) groups excluding carboxylic acids is 1. The molecule has 1 aliphatic rings. The van der Waals surface area contributed by atoms with Gasteiger partial charge in [0.1, 0.15) is 6.61 Å². The number of nitrogens with one attached hydrogen (secondary N) is 2. The van der Waals surface area contributed by atoms with Crippen LogP contribution in [0.3, 0.4) is 0 Å². The standard InChI is InChI=1S/C24H33N5O3/c1-3-25-23(28-21-12-15-29(16-13-21)24(30)31-4-2)27-17-20-11-8-14-26-22(20)32-18-19-9-6-5-7-10-19/h5-11,14,21H,3-4,12-13,15-18H2,1-2H3,(H2,25,27,28). The fraction of sp³-hybridized carbons (Fsp3) is 0.458. The van der Waals surface area contributed by atoms with E-state index in [0.717, 1.165) is 36.5 Å². The molecule has 0 bridgehead atoms. The number of hydrogen-bond donors (Lipinski definition) is 2. The third-order valence-electron chi connectivity index (χ3n) is 5.18. The van der Waals surface area contributed by atoms with Crippen LogP contribution in [0.25, 0.3) is 0 Å². The molecule has 0 unspecified atom stereocenters. The third-order valence-corrected chi connectivity index (χ3v) is 5.18. The average molecular weight is 440 g/mol. The van der Waals surface area contributed by atoms with Crippen molar-refractivity contribution in [1.82, 2.24) is 20.5 Å². The molecule has 0 atom stereocenters. The number of rotatable bonds is 8. The van der Waals surface area contributed by atoms with Crippen LogP contribution < -0.4 is 15.4 Å². The molecule has 0 aliphatic carbocycles. The topological polar surface area (TPSA) is 88.1 Å². The summed E-state index contributed by atoms with van der Waals surface area (Å²) in [5, 5.41) is 6.80. The number of pyridine rings is 1. The first kappa shape index (κ1) is 23.4. The van der Waals surface area contributed by atoms with Gasteiger partial charge in [-0.15, -0.1) is 0 Å². The molecule has 8 heteroatoms. The van der Waals surface area contributed by atoms with E-state index < -0.39 is 0 Å². The second-order valence-electron chi connectivity index (χ2n) is 7.54. The van der Waals surface area contributed by atoms with Crippen LogP contribution in [0.1, 0.15) is 37.8 Å². The molecule has 2 aromatic rings. The highest BCUT2D eigenvalue weighted by atomic mass is 16.6. The van der Waals surface area contributed by atoms with E-state index >= 15 is 0 Å². The second-order valence-corrected chi connectivity index (χ2v) is 7.54.